The molecule has 0 bridgehead atoms. The molecule has 20 heavy (non-hydrogen) atoms. The third-order valence-electron chi connectivity index (χ3n) is 2.97. The Morgan fingerprint density at radius 1 is 1.50 bits per heavy atom. The SMILES string of the molecule is CN(Cc1cc(CN)on1)Cc1c(Cl)nc2sccn12. The molecule has 0 unspecified atom stereocenters. The number of fused-ring (bicyclic) bond motifs is 1. The lowest BCUT2D eigenvalue weighted by Crippen LogP contribution is -2.18. The molecule has 3 rings (SSSR count). The second-order valence-electron chi connectivity index (χ2n) is 4.57. The molecule has 0 aromatic carbocycles. The van der Waals surface area contributed by atoms with Crippen molar-refractivity contribution < 1.29 is 4.52 Å². The summed E-state index contributed by atoms with van der Waals surface area (Å²) in [5.74, 6) is 0.691. The number of hydrogen-bond donors (Lipinski definition) is 1. The first kappa shape index (κ1) is 13.6. The summed E-state index contributed by atoms with van der Waals surface area (Å²) in [7, 11) is 2.00. The van der Waals surface area contributed by atoms with Crippen LogP contribution in [0, 0.1) is 0 Å². The molecule has 0 atom stereocenters. The van der Waals surface area contributed by atoms with Gasteiger partial charge in [0, 0.05) is 30.7 Å². The third kappa shape index (κ3) is 2.57. The van der Waals surface area contributed by atoms with Crippen molar-refractivity contribution in [2.45, 2.75) is 19.6 Å². The van der Waals surface area contributed by atoms with Crippen LogP contribution in [0.2, 0.25) is 5.15 Å². The van der Waals surface area contributed by atoms with E-state index in [0.29, 0.717) is 30.5 Å². The van der Waals surface area contributed by atoms with Gasteiger partial charge in [0.25, 0.3) is 0 Å². The number of halogens is 1. The van der Waals surface area contributed by atoms with Crippen molar-refractivity contribution in [2.24, 2.45) is 5.73 Å². The van der Waals surface area contributed by atoms with Gasteiger partial charge in [-0.05, 0) is 7.05 Å². The Labute approximate surface area is 124 Å². The number of aromatic nitrogens is 3. The van der Waals surface area contributed by atoms with E-state index in [-0.39, 0.29) is 0 Å². The maximum absolute atomic E-state index is 6.18. The molecule has 3 aromatic rings. The minimum absolute atomic E-state index is 0.362. The normalized spacial score (nSPS) is 11.8. The Morgan fingerprint density at radius 2 is 2.35 bits per heavy atom. The minimum Gasteiger partial charge on any atom is -0.360 e. The topological polar surface area (TPSA) is 72.6 Å². The first-order chi connectivity index (χ1) is 9.67. The van der Waals surface area contributed by atoms with Crippen LogP contribution < -0.4 is 5.73 Å². The van der Waals surface area contributed by atoms with Gasteiger partial charge >= 0.3 is 0 Å². The largest absolute Gasteiger partial charge is 0.360 e. The van der Waals surface area contributed by atoms with Crippen LogP contribution in [-0.2, 0) is 19.6 Å². The minimum atomic E-state index is 0.362. The van der Waals surface area contributed by atoms with Crippen molar-refractivity contribution in [3.05, 3.63) is 39.9 Å². The van der Waals surface area contributed by atoms with E-state index in [1.807, 2.05) is 29.1 Å². The molecule has 0 aliphatic rings. The van der Waals surface area contributed by atoms with Crippen molar-refractivity contribution in [3.8, 4) is 0 Å². The van der Waals surface area contributed by atoms with E-state index < -0.39 is 0 Å². The maximum Gasteiger partial charge on any atom is 0.195 e. The molecule has 2 N–H and O–H groups in total. The highest BCUT2D eigenvalue weighted by Crippen LogP contribution is 2.22. The number of rotatable bonds is 5. The summed E-state index contributed by atoms with van der Waals surface area (Å²) in [5, 5.41) is 6.52. The highest BCUT2D eigenvalue weighted by molar-refractivity contribution is 7.15. The van der Waals surface area contributed by atoms with Crippen LogP contribution in [0.15, 0.2) is 22.2 Å². The third-order valence-corrected chi connectivity index (χ3v) is 4.03. The van der Waals surface area contributed by atoms with E-state index in [2.05, 4.69) is 15.0 Å². The van der Waals surface area contributed by atoms with Crippen molar-refractivity contribution in [1.29, 1.82) is 0 Å². The summed E-state index contributed by atoms with van der Waals surface area (Å²) in [6.45, 7) is 1.71. The Balaban J connectivity index is 1.73. The Hall–Kier alpha value is -1.41. The predicted molar refractivity (Wildman–Crippen MR) is 77.6 cm³/mol. The molecule has 3 heterocycles. The fourth-order valence-electron chi connectivity index (χ4n) is 2.06. The summed E-state index contributed by atoms with van der Waals surface area (Å²) < 4.78 is 7.10. The molecular formula is C12H14ClN5OS. The van der Waals surface area contributed by atoms with Gasteiger partial charge in [-0.1, -0.05) is 16.8 Å². The molecule has 106 valence electrons. The summed E-state index contributed by atoms with van der Waals surface area (Å²) in [6, 6.07) is 1.87. The average molecular weight is 312 g/mol. The quantitative estimate of drug-likeness (QED) is 0.781. The van der Waals surface area contributed by atoms with Crippen LogP contribution in [0.4, 0.5) is 0 Å². The second-order valence-corrected chi connectivity index (χ2v) is 5.80. The van der Waals surface area contributed by atoms with E-state index in [4.69, 9.17) is 21.9 Å². The molecular weight excluding hydrogens is 298 g/mol. The van der Waals surface area contributed by atoms with Gasteiger partial charge in [-0.15, -0.1) is 11.3 Å². The lowest BCUT2D eigenvalue weighted by Gasteiger charge is -2.14. The van der Waals surface area contributed by atoms with Crippen LogP contribution in [-0.4, -0.2) is 26.5 Å². The number of imidazole rings is 1. The van der Waals surface area contributed by atoms with Crippen LogP contribution in [0.3, 0.4) is 0 Å². The molecule has 8 heteroatoms. The first-order valence-corrected chi connectivity index (χ1v) is 7.36. The molecule has 0 amide bonds. The van der Waals surface area contributed by atoms with E-state index in [1.54, 1.807) is 11.3 Å². The molecule has 3 aromatic heterocycles. The number of thiazole rings is 1. The lowest BCUT2D eigenvalue weighted by atomic mass is 10.3. The number of hydrogen-bond acceptors (Lipinski definition) is 6. The van der Waals surface area contributed by atoms with Gasteiger partial charge in [0.1, 0.15) is 0 Å². The maximum atomic E-state index is 6.18. The van der Waals surface area contributed by atoms with Gasteiger partial charge in [0.05, 0.1) is 17.9 Å². The van der Waals surface area contributed by atoms with Crippen molar-refractivity contribution >= 4 is 27.9 Å². The summed E-state index contributed by atoms with van der Waals surface area (Å²) >= 11 is 7.75. The fourth-order valence-corrected chi connectivity index (χ4v) is 3.08. The first-order valence-electron chi connectivity index (χ1n) is 6.10. The van der Waals surface area contributed by atoms with Crippen molar-refractivity contribution in [1.82, 2.24) is 19.4 Å². The predicted octanol–water partition coefficient (Wildman–Crippen LogP) is 2.13. The second kappa shape index (κ2) is 5.53. The van der Waals surface area contributed by atoms with Crippen LogP contribution in [0.5, 0.6) is 0 Å². The van der Waals surface area contributed by atoms with E-state index in [1.165, 1.54) is 0 Å². The van der Waals surface area contributed by atoms with E-state index >= 15 is 0 Å². The molecule has 0 saturated carbocycles. The zero-order valence-electron chi connectivity index (χ0n) is 10.9. The summed E-state index contributed by atoms with van der Waals surface area (Å²) in [6.07, 6.45) is 1.98. The monoisotopic (exact) mass is 311 g/mol. The molecule has 0 spiro atoms. The summed E-state index contributed by atoms with van der Waals surface area (Å²) in [5.41, 5.74) is 7.33. The van der Waals surface area contributed by atoms with Crippen molar-refractivity contribution in [2.75, 3.05) is 7.05 Å². The lowest BCUT2D eigenvalue weighted by molar-refractivity contribution is 0.297. The van der Waals surface area contributed by atoms with E-state index in [0.717, 1.165) is 16.3 Å². The zero-order valence-corrected chi connectivity index (χ0v) is 12.5. The van der Waals surface area contributed by atoms with Gasteiger partial charge in [0.15, 0.2) is 15.9 Å². The van der Waals surface area contributed by atoms with Gasteiger partial charge < -0.3 is 10.3 Å². The highest BCUT2D eigenvalue weighted by atomic mass is 35.5. The number of nitrogens with zero attached hydrogens (tertiary/aromatic N) is 4. The Bertz CT molecular complexity index is 718. The standard InChI is InChI=1S/C12H14ClN5OS/c1-17(6-8-4-9(5-14)19-16-8)7-10-11(13)15-12-18(10)2-3-20-12/h2-4H,5-7,14H2,1H3. The molecule has 0 radical (unpaired) electrons. The average Bonchev–Trinajstić information content (AvgIpc) is 3.09. The fraction of sp³-hybridized carbons (Fsp3) is 0.333. The van der Waals surface area contributed by atoms with Crippen LogP contribution in [0.25, 0.3) is 4.96 Å². The summed E-state index contributed by atoms with van der Waals surface area (Å²) in [4.78, 5) is 7.33. The zero-order chi connectivity index (χ0) is 14.1. The van der Waals surface area contributed by atoms with Crippen molar-refractivity contribution in [3.63, 3.8) is 0 Å². The van der Waals surface area contributed by atoms with Gasteiger partial charge in [-0.25, -0.2) is 4.98 Å². The number of nitrogens with two attached hydrogens (primary N) is 1. The molecule has 0 aliphatic carbocycles. The smallest absolute Gasteiger partial charge is 0.195 e. The molecule has 0 aliphatic heterocycles. The van der Waals surface area contributed by atoms with Crippen LogP contribution >= 0.6 is 22.9 Å². The molecule has 0 fully saturated rings. The molecule has 0 saturated heterocycles. The highest BCUT2D eigenvalue weighted by Gasteiger charge is 2.14. The molecule has 6 nitrogen and oxygen atoms in total. The van der Waals surface area contributed by atoms with Gasteiger partial charge in [-0.2, -0.15) is 0 Å². The van der Waals surface area contributed by atoms with E-state index in [9.17, 15) is 0 Å². The Kier molecular flexibility index (Phi) is 3.75. The van der Waals surface area contributed by atoms with Gasteiger partial charge in [-0.3, -0.25) is 9.30 Å². The van der Waals surface area contributed by atoms with Gasteiger partial charge in [0.2, 0.25) is 0 Å². The van der Waals surface area contributed by atoms with Crippen LogP contribution in [0.1, 0.15) is 17.1 Å². The Morgan fingerprint density at radius 3 is 3.10 bits per heavy atom.